The van der Waals surface area contributed by atoms with Gasteiger partial charge in [-0.15, -0.1) is 0 Å². The second-order valence-corrected chi connectivity index (χ2v) is 7.07. The van der Waals surface area contributed by atoms with Crippen LogP contribution in [0.25, 0.3) is 10.9 Å². The van der Waals surface area contributed by atoms with E-state index in [1.54, 1.807) is 13.0 Å². The van der Waals surface area contributed by atoms with Gasteiger partial charge in [0.25, 0.3) is 0 Å². The quantitative estimate of drug-likeness (QED) is 0.865. The fraction of sp³-hybridized carbons (Fsp3) is 0.385. The summed E-state index contributed by atoms with van der Waals surface area (Å²) < 4.78 is 25.5. The summed E-state index contributed by atoms with van der Waals surface area (Å²) in [6, 6.07) is 5.57. The van der Waals surface area contributed by atoms with E-state index in [1.165, 1.54) is 0 Å². The first-order chi connectivity index (χ1) is 8.46. The van der Waals surface area contributed by atoms with Crippen LogP contribution in [0.1, 0.15) is 19.4 Å². The molecule has 1 aromatic heterocycles. The van der Waals surface area contributed by atoms with Crippen LogP contribution in [0, 0.1) is 0 Å². The highest BCUT2D eigenvalue weighted by atomic mass is 35.5. The zero-order valence-corrected chi connectivity index (χ0v) is 12.1. The third kappa shape index (κ3) is 2.54. The van der Waals surface area contributed by atoms with Crippen molar-refractivity contribution >= 4 is 32.3 Å². The van der Waals surface area contributed by atoms with Crippen molar-refractivity contribution in [3.8, 4) is 0 Å². The molecule has 98 valence electrons. The number of nitrogens with zero attached hydrogens (tertiary/aromatic N) is 1. The molecule has 0 atom stereocenters. The first kappa shape index (κ1) is 13.4. The highest BCUT2D eigenvalue weighted by Gasteiger charge is 2.14. The van der Waals surface area contributed by atoms with Crippen molar-refractivity contribution in [2.24, 2.45) is 0 Å². The van der Waals surface area contributed by atoms with E-state index >= 15 is 0 Å². The molecular formula is C13H16ClNO2S. The molecule has 0 saturated heterocycles. The first-order valence-electron chi connectivity index (χ1n) is 5.94. The van der Waals surface area contributed by atoms with Crippen LogP contribution in [0.4, 0.5) is 0 Å². The second-order valence-electron chi connectivity index (χ2n) is 4.28. The summed E-state index contributed by atoms with van der Waals surface area (Å²) in [6.45, 7) is 4.49. The highest BCUT2D eigenvalue weighted by Crippen LogP contribution is 2.26. The minimum absolute atomic E-state index is 0.0919. The van der Waals surface area contributed by atoms with Crippen LogP contribution in [0.15, 0.2) is 24.4 Å². The van der Waals surface area contributed by atoms with Gasteiger partial charge in [0.15, 0.2) is 9.84 Å². The summed E-state index contributed by atoms with van der Waals surface area (Å²) in [6.07, 6.45) is 1.91. The maximum Gasteiger partial charge on any atom is 0.154 e. The van der Waals surface area contributed by atoms with Crippen molar-refractivity contribution in [2.45, 2.75) is 26.1 Å². The average molecular weight is 286 g/mol. The normalized spacial score (nSPS) is 12.2. The molecule has 0 aliphatic rings. The average Bonchev–Trinajstić information content (AvgIpc) is 2.66. The van der Waals surface area contributed by atoms with Crippen molar-refractivity contribution in [2.75, 3.05) is 5.75 Å². The van der Waals surface area contributed by atoms with Crippen LogP contribution in [0.3, 0.4) is 0 Å². The molecule has 0 unspecified atom stereocenters. The maximum atomic E-state index is 11.7. The predicted octanol–water partition coefficient (Wildman–Crippen LogP) is 3.25. The molecule has 3 nitrogen and oxygen atoms in total. The Morgan fingerprint density at radius 3 is 2.61 bits per heavy atom. The van der Waals surface area contributed by atoms with Gasteiger partial charge in [0.05, 0.1) is 5.75 Å². The van der Waals surface area contributed by atoms with Crippen molar-refractivity contribution < 1.29 is 8.42 Å². The lowest BCUT2D eigenvalue weighted by Gasteiger charge is -2.00. The summed E-state index contributed by atoms with van der Waals surface area (Å²) in [5.41, 5.74) is 1.84. The largest absolute Gasteiger partial charge is 0.347 e. The molecule has 0 aliphatic carbocycles. The highest BCUT2D eigenvalue weighted by molar-refractivity contribution is 7.90. The number of hydrogen-bond donors (Lipinski definition) is 0. The Labute approximate surface area is 112 Å². The summed E-state index contributed by atoms with van der Waals surface area (Å²) in [4.78, 5) is 0. The Bertz CT molecular complexity index is 674. The molecule has 0 amide bonds. The van der Waals surface area contributed by atoms with E-state index in [0.717, 1.165) is 23.0 Å². The zero-order chi connectivity index (χ0) is 13.3. The number of aromatic nitrogens is 1. The molecule has 2 aromatic rings. The Balaban J connectivity index is 2.59. The predicted molar refractivity (Wildman–Crippen MR) is 75.8 cm³/mol. The number of rotatable bonds is 4. The molecule has 0 N–H and O–H groups in total. The standard InChI is InChI=1S/C13H16ClNO2S/c1-3-15-8-10(9-18(16,17)4-2)12-6-5-11(14)7-13(12)15/h5-8H,3-4,9H2,1-2H3. The molecule has 18 heavy (non-hydrogen) atoms. The van der Waals surface area contributed by atoms with E-state index in [9.17, 15) is 8.42 Å². The van der Waals surface area contributed by atoms with E-state index in [2.05, 4.69) is 0 Å². The topological polar surface area (TPSA) is 39.1 Å². The monoisotopic (exact) mass is 285 g/mol. The van der Waals surface area contributed by atoms with Gasteiger partial charge in [0, 0.05) is 34.4 Å². The van der Waals surface area contributed by atoms with Gasteiger partial charge in [-0.25, -0.2) is 8.42 Å². The fourth-order valence-corrected chi connectivity index (χ4v) is 3.13. The van der Waals surface area contributed by atoms with E-state index in [4.69, 9.17) is 11.6 Å². The number of halogens is 1. The molecule has 0 spiro atoms. The molecule has 0 aliphatic heterocycles. The SMILES string of the molecule is CCn1cc(CS(=O)(=O)CC)c2ccc(Cl)cc21. The van der Waals surface area contributed by atoms with Crippen molar-refractivity contribution in [1.82, 2.24) is 4.57 Å². The summed E-state index contributed by atoms with van der Waals surface area (Å²) in [7, 11) is -3.02. The first-order valence-corrected chi connectivity index (χ1v) is 8.14. The van der Waals surface area contributed by atoms with Gasteiger partial charge in [-0.3, -0.25) is 0 Å². The molecular weight excluding hydrogens is 270 g/mol. The minimum Gasteiger partial charge on any atom is -0.347 e. The Kier molecular flexibility index (Phi) is 3.69. The van der Waals surface area contributed by atoms with Crippen LogP contribution in [-0.2, 0) is 22.1 Å². The van der Waals surface area contributed by atoms with Crippen LogP contribution in [-0.4, -0.2) is 18.7 Å². The van der Waals surface area contributed by atoms with Crippen molar-refractivity contribution in [1.29, 1.82) is 0 Å². The number of aryl methyl sites for hydroxylation is 1. The third-order valence-corrected chi connectivity index (χ3v) is 4.95. The molecule has 0 saturated carbocycles. The number of benzene rings is 1. The van der Waals surface area contributed by atoms with Crippen molar-refractivity contribution in [3.63, 3.8) is 0 Å². The van der Waals surface area contributed by atoms with Gasteiger partial charge in [-0.05, 0) is 24.6 Å². The van der Waals surface area contributed by atoms with Gasteiger partial charge < -0.3 is 4.57 Å². The van der Waals surface area contributed by atoms with E-state index < -0.39 is 9.84 Å². The summed E-state index contributed by atoms with van der Waals surface area (Å²) >= 11 is 5.99. The van der Waals surface area contributed by atoms with Crippen molar-refractivity contribution in [3.05, 3.63) is 35.0 Å². The number of hydrogen-bond acceptors (Lipinski definition) is 2. The van der Waals surface area contributed by atoms with Gasteiger partial charge in [-0.2, -0.15) is 0 Å². The number of sulfone groups is 1. The van der Waals surface area contributed by atoms with E-state index in [0.29, 0.717) is 5.02 Å². The van der Waals surface area contributed by atoms with Crippen LogP contribution in [0.2, 0.25) is 5.02 Å². The minimum atomic E-state index is -3.02. The Morgan fingerprint density at radius 1 is 1.28 bits per heavy atom. The van der Waals surface area contributed by atoms with Crippen LogP contribution in [0.5, 0.6) is 0 Å². The molecule has 1 aromatic carbocycles. The number of fused-ring (bicyclic) bond motifs is 1. The Morgan fingerprint density at radius 2 is 2.00 bits per heavy atom. The molecule has 0 fully saturated rings. The maximum absolute atomic E-state index is 11.7. The van der Waals surface area contributed by atoms with Crippen LogP contribution >= 0.6 is 11.6 Å². The molecule has 1 heterocycles. The van der Waals surface area contributed by atoms with Gasteiger partial charge >= 0.3 is 0 Å². The third-order valence-electron chi connectivity index (χ3n) is 3.08. The van der Waals surface area contributed by atoms with Gasteiger partial charge in [0.1, 0.15) is 0 Å². The molecule has 0 radical (unpaired) electrons. The lowest BCUT2D eigenvalue weighted by Crippen LogP contribution is -2.06. The lowest BCUT2D eigenvalue weighted by atomic mass is 10.2. The Hall–Kier alpha value is -1.00. The van der Waals surface area contributed by atoms with E-state index in [1.807, 2.05) is 29.8 Å². The van der Waals surface area contributed by atoms with Crippen LogP contribution < -0.4 is 0 Å². The van der Waals surface area contributed by atoms with Gasteiger partial charge in [-0.1, -0.05) is 24.6 Å². The molecule has 0 bridgehead atoms. The molecule has 5 heteroatoms. The summed E-state index contributed by atoms with van der Waals surface area (Å²) in [5, 5.41) is 1.64. The smallest absolute Gasteiger partial charge is 0.154 e. The molecule has 2 rings (SSSR count). The second kappa shape index (κ2) is 4.94. The fourth-order valence-electron chi connectivity index (χ4n) is 2.06. The lowest BCUT2D eigenvalue weighted by molar-refractivity contribution is 0.596. The van der Waals surface area contributed by atoms with Gasteiger partial charge in [0.2, 0.25) is 0 Å². The zero-order valence-electron chi connectivity index (χ0n) is 10.5. The summed E-state index contributed by atoms with van der Waals surface area (Å²) in [5.74, 6) is 0.258. The van der Waals surface area contributed by atoms with E-state index in [-0.39, 0.29) is 11.5 Å².